The zero-order valence-corrected chi connectivity index (χ0v) is 18.9. The molecule has 162 valence electrons. The molecule has 0 heterocycles. The molecule has 0 saturated carbocycles. The summed E-state index contributed by atoms with van der Waals surface area (Å²) in [6, 6.07) is 18.5. The number of nitrogens with one attached hydrogen (secondary N) is 1. The number of methoxy groups -OCH3 is 1. The van der Waals surface area contributed by atoms with Crippen LogP contribution in [0.2, 0.25) is 0 Å². The lowest BCUT2D eigenvalue weighted by molar-refractivity contribution is 0.284. The molecule has 0 aliphatic carbocycles. The molecule has 0 atom stereocenters. The highest BCUT2D eigenvalue weighted by Crippen LogP contribution is 2.28. The number of aryl methyl sites for hydroxylation is 3. The number of hydrogen-bond acceptors (Lipinski definition) is 5. The molecule has 3 rings (SSSR count). The van der Waals surface area contributed by atoms with Gasteiger partial charge in [0.2, 0.25) is 0 Å². The van der Waals surface area contributed by atoms with Crippen molar-refractivity contribution in [3.63, 3.8) is 0 Å². The van der Waals surface area contributed by atoms with E-state index in [1.54, 1.807) is 44.4 Å². The molecule has 0 aliphatic heterocycles. The van der Waals surface area contributed by atoms with E-state index >= 15 is 0 Å². The van der Waals surface area contributed by atoms with Gasteiger partial charge >= 0.3 is 0 Å². The number of benzene rings is 3. The van der Waals surface area contributed by atoms with Gasteiger partial charge in [-0.15, -0.1) is 0 Å². The van der Waals surface area contributed by atoms with Gasteiger partial charge in [0.15, 0.2) is 11.5 Å². The first-order chi connectivity index (χ1) is 14.8. The van der Waals surface area contributed by atoms with Crippen LogP contribution in [0.25, 0.3) is 0 Å². The Morgan fingerprint density at radius 3 is 2.29 bits per heavy atom. The van der Waals surface area contributed by atoms with Gasteiger partial charge in [0.1, 0.15) is 6.61 Å². The molecule has 0 saturated heterocycles. The van der Waals surface area contributed by atoms with E-state index in [0.717, 1.165) is 11.1 Å². The Hall–Kier alpha value is -3.32. The van der Waals surface area contributed by atoms with Gasteiger partial charge < -0.3 is 9.47 Å². The van der Waals surface area contributed by atoms with Gasteiger partial charge in [-0.2, -0.15) is 13.5 Å². The van der Waals surface area contributed by atoms with Crippen molar-refractivity contribution in [1.29, 1.82) is 0 Å². The fourth-order valence-corrected chi connectivity index (χ4v) is 4.07. The summed E-state index contributed by atoms with van der Waals surface area (Å²) in [6.07, 6.45) is 1.42. The van der Waals surface area contributed by atoms with Crippen LogP contribution in [0.1, 0.15) is 27.8 Å². The fraction of sp³-hybridized carbons (Fsp3) is 0.208. The minimum Gasteiger partial charge on any atom is -0.493 e. The van der Waals surface area contributed by atoms with E-state index in [-0.39, 0.29) is 4.90 Å². The van der Waals surface area contributed by atoms with Crippen molar-refractivity contribution in [1.82, 2.24) is 4.83 Å². The first-order valence-corrected chi connectivity index (χ1v) is 11.3. The molecule has 7 heteroatoms. The number of hydrazone groups is 1. The summed E-state index contributed by atoms with van der Waals surface area (Å²) in [5.41, 5.74) is 4.58. The average Bonchev–Trinajstić information content (AvgIpc) is 2.73. The van der Waals surface area contributed by atoms with E-state index in [9.17, 15) is 8.42 Å². The summed E-state index contributed by atoms with van der Waals surface area (Å²) in [6.45, 7) is 6.12. The third-order valence-corrected chi connectivity index (χ3v) is 6.09. The maximum absolute atomic E-state index is 12.5. The van der Waals surface area contributed by atoms with Crippen molar-refractivity contribution in [3.05, 3.63) is 88.5 Å². The third kappa shape index (κ3) is 5.86. The molecular weight excluding hydrogens is 412 g/mol. The van der Waals surface area contributed by atoms with Gasteiger partial charge in [-0.25, -0.2) is 4.83 Å². The summed E-state index contributed by atoms with van der Waals surface area (Å²) in [5.74, 6) is 1.13. The molecule has 3 aromatic carbocycles. The molecule has 0 spiro atoms. The van der Waals surface area contributed by atoms with Crippen LogP contribution < -0.4 is 14.3 Å². The molecule has 0 amide bonds. The third-order valence-electron chi connectivity index (χ3n) is 4.71. The number of ether oxygens (including phenoxy) is 2. The SMILES string of the molecule is COc1cc(/C=N/NS(=O)(=O)c2ccc(C)cc2C)ccc1OCc1ccc(C)cc1. The largest absolute Gasteiger partial charge is 0.493 e. The number of sulfonamides is 1. The van der Waals surface area contributed by atoms with Crippen LogP contribution in [0, 0.1) is 20.8 Å². The van der Waals surface area contributed by atoms with Gasteiger partial charge in [-0.05, 0) is 61.7 Å². The smallest absolute Gasteiger partial charge is 0.276 e. The van der Waals surface area contributed by atoms with Crippen molar-refractivity contribution in [2.24, 2.45) is 5.10 Å². The Labute approximate surface area is 183 Å². The van der Waals surface area contributed by atoms with Crippen molar-refractivity contribution in [2.45, 2.75) is 32.3 Å². The van der Waals surface area contributed by atoms with Crippen molar-refractivity contribution in [2.75, 3.05) is 7.11 Å². The van der Waals surface area contributed by atoms with Crippen molar-refractivity contribution < 1.29 is 17.9 Å². The molecule has 3 aromatic rings. The van der Waals surface area contributed by atoms with Crippen LogP contribution in [-0.2, 0) is 16.6 Å². The zero-order valence-electron chi connectivity index (χ0n) is 18.0. The Morgan fingerprint density at radius 2 is 1.61 bits per heavy atom. The van der Waals surface area contributed by atoms with Gasteiger partial charge in [0.05, 0.1) is 18.2 Å². The lowest BCUT2D eigenvalue weighted by Crippen LogP contribution is -2.19. The number of rotatable bonds is 8. The lowest BCUT2D eigenvalue weighted by atomic mass is 10.2. The average molecular weight is 439 g/mol. The van der Waals surface area contributed by atoms with Gasteiger partial charge in [0, 0.05) is 0 Å². The molecule has 0 unspecified atom stereocenters. The second-order valence-corrected chi connectivity index (χ2v) is 8.94. The summed E-state index contributed by atoms with van der Waals surface area (Å²) >= 11 is 0. The summed E-state index contributed by atoms with van der Waals surface area (Å²) in [5, 5.41) is 3.90. The second-order valence-electron chi connectivity index (χ2n) is 7.31. The molecule has 0 aliphatic rings. The maximum Gasteiger partial charge on any atom is 0.276 e. The number of nitrogens with zero attached hydrogens (tertiary/aromatic N) is 1. The topological polar surface area (TPSA) is 77.0 Å². The van der Waals surface area contributed by atoms with Crippen LogP contribution >= 0.6 is 0 Å². The van der Waals surface area contributed by atoms with Gasteiger partial charge in [0.25, 0.3) is 10.0 Å². The van der Waals surface area contributed by atoms with Crippen LogP contribution in [-0.4, -0.2) is 21.7 Å². The first-order valence-electron chi connectivity index (χ1n) is 9.77. The second kappa shape index (κ2) is 9.66. The highest BCUT2D eigenvalue weighted by Gasteiger charge is 2.15. The van der Waals surface area contributed by atoms with Crippen LogP contribution in [0.15, 0.2) is 70.7 Å². The van der Waals surface area contributed by atoms with Crippen LogP contribution in [0.4, 0.5) is 0 Å². The predicted molar refractivity (Wildman–Crippen MR) is 122 cm³/mol. The minimum absolute atomic E-state index is 0.202. The standard InChI is InChI=1S/C24H26N2O4S/c1-17-5-8-20(9-6-17)16-30-22-11-10-21(14-23(22)29-4)15-25-26-31(27,28)24-12-7-18(2)13-19(24)3/h5-15,26H,16H2,1-4H3/b25-15+. The highest BCUT2D eigenvalue weighted by molar-refractivity contribution is 7.89. The summed E-state index contributed by atoms with van der Waals surface area (Å²) < 4.78 is 36.3. The molecule has 0 radical (unpaired) electrons. The summed E-state index contributed by atoms with van der Waals surface area (Å²) in [4.78, 5) is 2.46. The normalized spacial score (nSPS) is 11.5. The highest BCUT2D eigenvalue weighted by atomic mass is 32.2. The predicted octanol–water partition coefficient (Wildman–Crippen LogP) is 4.51. The zero-order chi connectivity index (χ0) is 22.4. The van der Waals surface area contributed by atoms with Crippen molar-refractivity contribution >= 4 is 16.2 Å². The maximum atomic E-state index is 12.5. The van der Waals surface area contributed by atoms with Crippen LogP contribution in [0.3, 0.4) is 0 Å². The van der Waals surface area contributed by atoms with Crippen LogP contribution in [0.5, 0.6) is 11.5 Å². The fourth-order valence-electron chi connectivity index (χ4n) is 3.05. The molecular formula is C24H26N2O4S. The van der Waals surface area contributed by atoms with Crippen molar-refractivity contribution in [3.8, 4) is 11.5 Å². The van der Waals surface area contributed by atoms with E-state index in [2.05, 4.69) is 9.93 Å². The molecule has 0 aromatic heterocycles. The Bertz CT molecular complexity index is 1190. The monoisotopic (exact) mass is 438 g/mol. The lowest BCUT2D eigenvalue weighted by Gasteiger charge is -2.11. The molecule has 1 N–H and O–H groups in total. The first kappa shape index (κ1) is 22.4. The van der Waals surface area contributed by atoms with Gasteiger partial charge in [-0.3, -0.25) is 0 Å². The van der Waals surface area contributed by atoms with E-state index in [4.69, 9.17) is 9.47 Å². The Kier molecular flexibility index (Phi) is 6.97. The number of hydrogen-bond donors (Lipinski definition) is 1. The Balaban J connectivity index is 1.68. The van der Waals surface area contributed by atoms with Gasteiger partial charge in [-0.1, -0.05) is 47.5 Å². The van der Waals surface area contributed by atoms with E-state index < -0.39 is 10.0 Å². The molecule has 6 nitrogen and oxygen atoms in total. The molecule has 0 fully saturated rings. The Morgan fingerprint density at radius 1 is 0.903 bits per heavy atom. The minimum atomic E-state index is -3.75. The molecule has 31 heavy (non-hydrogen) atoms. The van der Waals surface area contributed by atoms with E-state index in [1.165, 1.54) is 11.8 Å². The van der Waals surface area contributed by atoms with E-state index in [0.29, 0.717) is 29.2 Å². The summed E-state index contributed by atoms with van der Waals surface area (Å²) in [7, 11) is -2.19. The quantitative estimate of drug-likeness (QED) is 0.415. The molecule has 0 bridgehead atoms. The van der Waals surface area contributed by atoms with E-state index in [1.807, 2.05) is 44.2 Å².